The number of hydrogen-bond acceptors (Lipinski definition) is 3. The van der Waals surface area contributed by atoms with E-state index in [2.05, 4.69) is 4.72 Å². The van der Waals surface area contributed by atoms with Gasteiger partial charge < -0.3 is 5.73 Å². The van der Waals surface area contributed by atoms with Crippen molar-refractivity contribution in [1.29, 1.82) is 0 Å². The van der Waals surface area contributed by atoms with Crippen LogP contribution >= 0.6 is 23.2 Å². The SMILES string of the molecule is Nc1ccccc1CNS(=O)(=O)c1cc(Cl)cc(Cl)c1. The summed E-state index contributed by atoms with van der Waals surface area (Å²) in [6.07, 6.45) is 0. The van der Waals surface area contributed by atoms with Gasteiger partial charge in [-0.3, -0.25) is 0 Å². The molecule has 7 heteroatoms. The number of rotatable bonds is 4. The Morgan fingerprint density at radius 1 is 1.05 bits per heavy atom. The van der Waals surface area contributed by atoms with Gasteiger partial charge in [0.25, 0.3) is 0 Å². The number of anilines is 1. The minimum atomic E-state index is -3.69. The molecule has 2 aromatic carbocycles. The summed E-state index contributed by atoms with van der Waals surface area (Å²) in [6, 6.07) is 11.2. The van der Waals surface area contributed by atoms with Crippen molar-refractivity contribution in [3.05, 3.63) is 58.1 Å². The summed E-state index contributed by atoms with van der Waals surface area (Å²) < 4.78 is 26.8. The van der Waals surface area contributed by atoms with Crippen molar-refractivity contribution < 1.29 is 8.42 Å². The van der Waals surface area contributed by atoms with Crippen molar-refractivity contribution in [2.75, 3.05) is 5.73 Å². The molecule has 0 spiro atoms. The number of halogens is 2. The lowest BCUT2D eigenvalue weighted by atomic mass is 10.2. The molecule has 106 valence electrons. The Morgan fingerprint density at radius 2 is 1.65 bits per heavy atom. The second-order valence-corrected chi connectivity index (χ2v) is 6.77. The first kappa shape index (κ1) is 15.1. The number of para-hydroxylation sites is 1. The van der Waals surface area contributed by atoms with Gasteiger partial charge in [0.05, 0.1) is 4.90 Å². The summed E-state index contributed by atoms with van der Waals surface area (Å²) in [5.74, 6) is 0. The molecule has 0 aliphatic rings. The van der Waals surface area contributed by atoms with Crippen molar-refractivity contribution in [1.82, 2.24) is 4.72 Å². The van der Waals surface area contributed by atoms with Gasteiger partial charge in [0.2, 0.25) is 10.0 Å². The summed E-state index contributed by atoms with van der Waals surface area (Å²) in [5, 5.41) is 0.522. The van der Waals surface area contributed by atoms with Crippen LogP contribution in [0, 0.1) is 0 Å². The van der Waals surface area contributed by atoms with E-state index in [1.54, 1.807) is 24.3 Å². The minimum Gasteiger partial charge on any atom is -0.398 e. The van der Waals surface area contributed by atoms with Gasteiger partial charge in [-0.05, 0) is 29.8 Å². The molecule has 0 unspecified atom stereocenters. The highest BCUT2D eigenvalue weighted by molar-refractivity contribution is 7.89. The molecule has 0 fully saturated rings. The fraction of sp³-hybridized carbons (Fsp3) is 0.0769. The zero-order chi connectivity index (χ0) is 14.8. The van der Waals surface area contributed by atoms with Crippen LogP contribution in [0.2, 0.25) is 10.0 Å². The Labute approximate surface area is 127 Å². The van der Waals surface area contributed by atoms with E-state index in [9.17, 15) is 8.42 Å². The summed E-state index contributed by atoms with van der Waals surface area (Å²) in [4.78, 5) is 0.0181. The van der Waals surface area contributed by atoms with Crippen LogP contribution in [0.15, 0.2) is 47.4 Å². The van der Waals surface area contributed by atoms with E-state index >= 15 is 0 Å². The summed E-state index contributed by atoms with van der Waals surface area (Å²) in [5.41, 5.74) is 6.99. The highest BCUT2D eigenvalue weighted by atomic mass is 35.5. The molecule has 0 aliphatic carbocycles. The first-order valence-corrected chi connectivity index (χ1v) is 7.91. The molecule has 2 aromatic rings. The predicted molar refractivity (Wildman–Crippen MR) is 81.3 cm³/mol. The number of hydrogen-bond donors (Lipinski definition) is 2. The van der Waals surface area contributed by atoms with Crippen LogP contribution in [-0.4, -0.2) is 8.42 Å². The molecule has 3 N–H and O–H groups in total. The Kier molecular flexibility index (Phi) is 4.55. The van der Waals surface area contributed by atoms with Crippen LogP contribution in [0.1, 0.15) is 5.56 Å². The molecule has 0 heterocycles. The third-order valence-corrected chi connectivity index (χ3v) is 4.47. The van der Waals surface area contributed by atoms with Crippen molar-refractivity contribution in [3.8, 4) is 0 Å². The maximum atomic E-state index is 12.2. The molecule has 2 rings (SSSR count). The zero-order valence-electron chi connectivity index (χ0n) is 10.3. The second-order valence-electron chi connectivity index (χ2n) is 4.13. The number of sulfonamides is 1. The van der Waals surface area contributed by atoms with E-state index in [4.69, 9.17) is 28.9 Å². The van der Waals surface area contributed by atoms with Gasteiger partial charge in [0.1, 0.15) is 0 Å². The fourth-order valence-electron chi connectivity index (χ4n) is 1.63. The monoisotopic (exact) mass is 330 g/mol. The molecule has 20 heavy (non-hydrogen) atoms. The maximum absolute atomic E-state index is 12.2. The molecule has 0 bridgehead atoms. The van der Waals surface area contributed by atoms with Gasteiger partial charge in [-0.25, -0.2) is 13.1 Å². The van der Waals surface area contributed by atoms with Crippen LogP contribution < -0.4 is 10.5 Å². The van der Waals surface area contributed by atoms with Gasteiger partial charge in [0.15, 0.2) is 0 Å². The number of nitrogens with one attached hydrogen (secondary N) is 1. The quantitative estimate of drug-likeness (QED) is 0.846. The molecule has 0 saturated heterocycles. The van der Waals surface area contributed by atoms with Crippen LogP contribution in [-0.2, 0) is 16.6 Å². The topological polar surface area (TPSA) is 72.2 Å². The summed E-state index contributed by atoms with van der Waals surface area (Å²) in [6.45, 7) is 0.0964. The van der Waals surface area contributed by atoms with E-state index in [1.807, 2.05) is 0 Å². The fourth-order valence-corrected chi connectivity index (χ4v) is 3.37. The number of nitrogen functional groups attached to an aromatic ring is 1. The first-order valence-electron chi connectivity index (χ1n) is 5.67. The Balaban J connectivity index is 2.22. The van der Waals surface area contributed by atoms with Crippen molar-refractivity contribution in [2.24, 2.45) is 0 Å². The normalized spacial score (nSPS) is 11.5. The lowest BCUT2D eigenvalue weighted by Crippen LogP contribution is -2.23. The van der Waals surface area contributed by atoms with Crippen LogP contribution in [0.3, 0.4) is 0 Å². The Bertz CT molecular complexity index is 713. The second kappa shape index (κ2) is 6.01. The first-order chi connectivity index (χ1) is 9.38. The van der Waals surface area contributed by atoms with Gasteiger partial charge in [0, 0.05) is 22.3 Å². The largest absolute Gasteiger partial charge is 0.398 e. The third kappa shape index (κ3) is 3.64. The Hall–Kier alpha value is -1.27. The van der Waals surface area contributed by atoms with Crippen LogP contribution in [0.25, 0.3) is 0 Å². The van der Waals surface area contributed by atoms with Crippen LogP contribution in [0.5, 0.6) is 0 Å². The molecule has 0 atom stereocenters. The minimum absolute atomic E-state index is 0.0181. The molecule has 4 nitrogen and oxygen atoms in total. The average molecular weight is 331 g/mol. The van der Waals surface area contributed by atoms with Gasteiger partial charge in [-0.2, -0.15) is 0 Å². The average Bonchev–Trinajstić information content (AvgIpc) is 2.37. The molecule has 0 aliphatic heterocycles. The standard InChI is InChI=1S/C13H12Cl2N2O2S/c14-10-5-11(15)7-12(6-10)20(18,19)17-8-9-3-1-2-4-13(9)16/h1-7,17H,8,16H2. The Morgan fingerprint density at radius 3 is 2.25 bits per heavy atom. The van der Waals surface area contributed by atoms with E-state index < -0.39 is 10.0 Å². The lowest BCUT2D eigenvalue weighted by Gasteiger charge is -2.09. The smallest absolute Gasteiger partial charge is 0.240 e. The highest BCUT2D eigenvalue weighted by Crippen LogP contribution is 2.22. The maximum Gasteiger partial charge on any atom is 0.240 e. The molecular formula is C13H12Cl2N2O2S. The molecule has 0 saturated carbocycles. The zero-order valence-corrected chi connectivity index (χ0v) is 12.6. The van der Waals surface area contributed by atoms with E-state index in [0.29, 0.717) is 11.3 Å². The predicted octanol–water partition coefficient (Wildman–Crippen LogP) is 3.05. The van der Waals surface area contributed by atoms with E-state index in [-0.39, 0.29) is 21.5 Å². The molecular weight excluding hydrogens is 319 g/mol. The molecule has 0 radical (unpaired) electrons. The van der Waals surface area contributed by atoms with Crippen LogP contribution in [0.4, 0.5) is 5.69 Å². The van der Waals surface area contributed by atoms with E-state index in [0.717, 1.165) is 0 Å². The lowest BCUT2D eigenvalue weighted by molar-refractivity contribution is 0.581. The summed E-state index contributed by atoms with van der Waals surface area (Å²) >= 11 is 11.6. The summed E-state index contributed by atoms with van der Waals surface area (Å²) in [7, 11) is -3.69. The third-order valence-electron chi connectivity index (χ3n) is 2.65. The number of nitrogens with two attached hydrogens (primary N) is 1. The number of benzene rings is 2. The van der Waals surface area contributed by atoms with Crippen molar-refractivity contribution >= 4 is 38.9 Å². The highest BCUT2D eigenvalue weighted by Gasteiger charge is 2.15. The van der Waals surface area contributed by atoms with Gasteiger partial charge >= 0.3 is 0 Å². The van der Waals surface area contributed by atoms with E-state index in [1.165, 1.54) is 18.2 Å². The van der Waals surface area contributed by atoms with Gasteiger partial charge in [-0.15, -0.1) is 0 Å². The van der Waals surface area contributed by atoms with Gasteiger partial charge in [-0.1, -0.05) is 41.4 Å². The molecule has 0 amide bonds. The van der Waals surface area contributed by atoms with Crippen molar-refractivity contribution in [3.63, 3.8) is 0 Å². The molecule has 0 aromatic heterocycles. The van der Waals surface area contributed by atoms with Crippen molar-refractivity contribution in [2.45, 2.75) is 11.4 Å².